The van der Waals surface area contributed by atoms with E-state index in [1.165, 1.54) is 30.8 Å². The first-order chi connectivity index (χ1) is 6.83. The van der Waals surface area contributed by atoms with Gasteiger partial charge in [0.05, 0.1) is 29.3 Å². The first-order valence-electron chi connectivity index (χ1n) is 4.24. The number of carboxylic acid groups (broad SMARTS) is 1. The highest BCUT2D eigenvalue weighted by atomic mass is 16.6. The highest BCUT2D eigenvalue weighted by Gasteiger charge is 2.29. The van der Waals surface area contributed by atoms with Gasteiger partial charge in [0.1, 0.15) is 0 Å². The van der Waals surface area contributed by atoms with Crippen LogP contribution in [0.1, 0.15) is 13.8 Å². The van der Waals surface area contributed by atoms with Crippen LogP contribution in [-0.2, 0) is 11.3 Å². The van der Waals surface area contributed by atoms with Crippen LogP contribution >= 0.6 is 0 Å². The fourth-order valence-corrected chi connectivity index (χ4v) is 1.01. The largest absolute Gasteiger partial charge is 0.481 e. The molecular formula is C8H11N3O4. The maximum Gasteiger partial charge on any atom is 0.389 e. The van der Waals surface area contributed by atoms with Crippen molar-refractivity contribution in [2.45, 2.75) is 20.4 Å². The van der Waals surface area contributed by atoms with E-state index in [1.807, 2.05) is 0 Å². The molecule has 15 heavy (non-hydrogen) atoms. The molecule has 0 saturated carbocycles. The van der Waals surface area contributed by atoms with Crippen LogP contribution in [0.15, 0.2) is 12.3 Å². The molecule has 0 saturated heterocycles. The van der Waals surface area contributed by atoms with Crippen molar-refractivity contribution < 1.29 is 14.8 Å². The van der Waals surface area contributed by atoms with Crippen molar-refractivity contribution in [3.8, 4) is 0 Å². The van der Waals surface area contributed by atoms with E-state index >= 15 is 0 Å². The standard InChI is InChI=1S/C8H11N3O4/c1-8(2,7(12)13)5-10-4-3-6(9-10)11(14)15/h3-4H,5H2,1-2H3,(H,12,13). The van der Waals surface area contributed by atoms with E-state index in [0.717, 1.165) is 0 Å². The lowest BCUT2D eigenvalue weighted by molar-refractivity contribution is -0.389. The fraction of sp³-hybridized carbons (Fsp3) is 0.500. The van der Waals surface area contributed by atoms with Gasteiger partial charge in [0.2, 0.25) is 0 Å². The summed E-state index contributed by atoms with van der Waals surface area (Å²) in [5.74, 6) is -1.25. The zero-order valence-corrected chi connectivity index (χ0v) is 8.38. The molecule has 1 rings (SSSR count). The molecule has 0 spiro atoms. The van der Waals surface area contributed by atoms with Gasteiger partial charge in [-0.1, -0.05) is 0 Å². The van der Waals surface area contributed by atoms with Gasteiger partial charge in [0.25, 0.3) is 0 Å². The number of carbonyl (C=O) groups is 1. The lowest BCUT2D eigenvalue weighted by Gasteiger charge is -2.16. The molecule has 1 N–H and O–H groups in total. The SMILES string of the molecule is CC(C)(Cn1ccc([N+](=O)[O-])n1)C(=O)O. The number of hydrogen-bond acceptors (Lipinski definition) is 4. The van der Waals surface area contributed by atoms with E-state index in [0.29, 0.717) is 0 Å². The third-order valence-corrected chi connectivity index (χ3v) is 1.95. The molecule has 7 heteroatoms. The summed E-state index contributed by atoms with van der Waals surface area (Å²) in [6, 6.07) is 1.23. The Bertz CT molecular complexity index is 396. The highest BCUT2D eigenvalue weighted by molar-refractivity contribution is 5.73. The van der Waals surface area contributed by atoms with Gasteiger partial charge < -0.3 is 15.2 Å². The monoisotopic (exact) mass is 213 g/mol. The van der Waals surface area contributed by atoms with Gasteiger partial charge in [-0.3, -0.25) is 4.79 Å². The molecule has 1 aromatic heterocycles. The molecule has 0 aromatic carbocycles. The van der Waals surface area contributed by atoms with Gasteiger partial charge in [-0.2, -0.15) is 4.68 Å². The summed E-state index contributed by atoms with van der Waals surface area (Å²) in [5, 5.41) is 22.8. The molecular weight excluding hydrogens is 202 g/mol. The van der Waals surface area contributed by atoms with Crippen molar-refractivity contribution >= 4 is 11.8 Å². The molecule has 0 aliphatic carbocycles. The topological polar surface area (TPSA) is 98.3 Å². The quantitative estimate of drug-likeness (QED) is 0.591. The Kier molecular flexibility index (Phi) is 2.74. The molecule has 7 nitrogen and oxygen atoms in total. The van der Waals surface area contributed by atoms with Crippen LogP contribution in [0.5, 0.6) is 0 Å². The summed E-state index contributed by atoms with van der Waals surface area (Å²) < 4.78 is 1.26. The molecule has 0 fully saturated rings. The van der Waals surface area contributed by atoms with Gasteiger partial charge in [-0.25, -0.2) is 0 Å². The molecule has 0 unspecified atom stereocenters. The Morgan fingerprint density at radius 3 is 2.73 bits per heavy atom. The van der Waals surface area contributed by atoms with Gasteiger partial charge in [-0.15, -0.1) is 0 Å². The normalized spacial score (nSPS) is 11.3. The summed E-state index contributed by atoms with van der Waals surface area (Å²) >= 11 is 0. The van der Waals surface area contributed by atoms with E-state index in [1.54, 1.807) is 0 Å². The molecule has 0 bridgehead atoms. The number of carboxylic acids is 1. The Morgan fingerprint density at radius 1 is 1.73 bits per heavy atom. The van der Waals surface area contributed by atoms with Gasteiger partial charge in [0, 0.05) is 0 Å². The summed E-state index contributed by atoms with van der Waals surface area (Å²) in [7, 11) is 0. The minimum Gasteiger partial charge on any atom is -0.481 e. The Labute approximate surface area is 85.5 Å². The molecule has 1 aromatic rings. The number of hydrogen-bond donors (Lipinski definition) is 1. The number of nitrogens with zero attached hydrogens (tertiary/aromatic N) is 3. The lowest BCUT2D eigenvalue weighted by atomic mass is 9.94. The smallest absolute Gasteiger partial charge is 0.389 e. The Balaban J connectivity index is 2.82. The number of aromatic nitrogens is 2. The van der Waals surface area contributed by atoms with Crippen LogP contribution in [0.3, 0.4) is 0 Å². The maximum atomic E-state index is 10.8. The van der Waals surface area contributed by atoms with Crippen LogP contribution in [0.2, 0.25) is 0 Å². The number of aliphatic carboxylic acids is 1. The first kappa shape index (κ1) is 11.2. The van der Waals surface area contributed by atoms with E-state index in [2.05, 4.69) is 5.10 Å². The van der Waals surface area contributed by atoms with Crippen LogP contribution in [0, 0.1) is 15.5 Å². The Morgan fingerprint density at radius 2 is 2.33 bits per heavy atom. The average molecular weight is 213 g/mol. The van der Waals surface area contributed by atoms with Crippen LogP contribution in [0.25, 0.3) is 0 Å². The molecule has 1 heterocycles. The van der Waals surface area contributed by atoms with Crippen molar-refractivity contribution in [2.75, 3.05) is 0 Å². The van der Waals surface area contributed by atoms with Gasteiger partial charge in [0.15, 0.2) is 0 Å². The van der Waals surface area contributed by atoms with Crippen molar-refractivity contribution in [3.63, 3.8) is 0 Å². The number of rotatable bonds is 4. The second-order valence-electron chi connectivity index (χ2n) is 3.82. The summed E-state index contributed by atoms with van der Waals surface area (Å²) in [4.78, 5) is 20.5. The van der Waals surface area contributed by atoms with E-state index in [4.69, 9.17) is 5.11 Å². The minimum absolute atomic E-state index is 0.0934. The van der Waals surface area contributed by atoms with Crippen LogP contribution in [0.4, 0.5) is 5.82 Å². The molecule has 0 atom stereocenters. The predicted octanol–water partition coefficient (Wildman–Crippen LogP) is 0.902. The Hall–Kier alpha value is -1.92. The third-order valence-electron chi connectivity index (χ3n) is 1.95. The molecule has 82 valence electrons. The summed E-state index contributed by atoms with van der Waals surface area (Å²) in [6.45, 7) is 3.15. The summed E-state index contributed by atoms with van der Waals surface area (Å²) in [5.41, 5.74) is -1.00. The van der Waals surface area contributed by atoms with Gasteiger partial charge in [-0.05, 0) is 18.8 Å². The van der Waals surface area contributed by atoms with Crippen molar-refractivity contribution in [3.05, 3.63) is 22.4 Å². The third kappa shape index (κ3) is 2.52. The van der Waals surface area contributed by atoms with E-state index in [-0.39, 0.29) is 12.4 Å². The predicted molar refractivity (Wildman–Crippen MR) is 50.3 cm³/mol. The molecule has 0 amide bonds. The van der Waals surface area contributed by atoms with Gasteiger partial charge >= 0.3 is 11.8 Å². The highest BCUT2D eigenvalue weighted by Crippen LogP contribution is 2.18. The first-order valence-corrected chi connectivity index (χ1v) is 4.24. The van der Waals surface area contributed by atoms with Crippen LogP contribution < -0.4 is 0 Å². The molecule has 0 aliphatic rings. The van der Waals surface area contributed by atoms with Crippen LogP contribution in [-0.4, -0.2) is 25.8 Å². The lowest BCUT2D eigenvalue weighted by Crippen LogP contribution is -2.29. The van der Waals surface area contributed by atoms with Crippen molar-refractivity contribution in [2.24, 2.45) is 5.41 Å². The fourth-order valence-electron chi connectivity index (χ4n) is 1.01. The second-order valence-corrected chi connectivity index (χ2v) is 3.82. The van der Waals surface area contributed by atoms with E-state index < -0.39 is 16.3 Å². The maximum absolute atomic E-state index is 10.8. The average Bonchev–Trinajstić information content (AvgIpc) is 2.51. The van der Waals surface area contributed by atoms with Crippen molar-refractivity contribution in [1.29, 1.82) is 0 Å². The minimum atomic E-state index is -1.00. The molecule has 0 aliphatic heterocycles. The van der Waals surface area contributed by atoms with E-state index in [9.17, 15) is 14.9 Å². The zero-order chi connectivity index (χ0) is 11.6. The molecule has 0 radical (unpaired) electrons. The summed E-state index contributed by atoms with van der Waals surface area (Å²) in [6.07, 6.45) is 1.39. The number of nitro groups is 1. The second kappa shape index (κ2) is 3.68. The zero-order valence-electron chi connectivity index (χ0n) is 8.38. The van der Waals surface area contributed by atoms with Crippen molar-refractivity contribution in [1.82, 2.24) is 9.78 Å².